The van der Waals surface area contributed by atoms with Crippen LogP contribution in [-0.4, -0.2) is 107 Å². The fourth-order valence-corrected chi connectivity index (χ4v) is 7.57. The van der Waals surface area contributed by atoms with E-state index in [2.05, 4.69) is 36.5 Å². The molecule has 11 heteroatoms. The molecule has 0 aliphatic carbocycles. The first-order valence-electron chi connectivity index (χ1n) is 23.1. The average Bonchev–Trinajstić information content (AvgIpc) is 3.22. The monoisotopic (exact) mass is 809 g/mol. The van der Waals surface area contributed by atoms with Gasteiger partial charge in [0.1, 0.15) is 30.5 Å². The molecule has 1 aromatic carbocycles. The Morgan fingerprint density at radius 2 is 1.28 bits per heavy atom. The minimum atomic E-state index is -1.56. The van der Waals surface area contributed by atoms with Crippen molar-refractivity contribution in [2.24, 2.45) is 5.73 Å². The van der Waals surface area contributed by atoms with E-state index < -0.39 is 49.0 Å². The number of unbranched alkanes of at least 4 members (excludes halogenated alkanes) is 20. The number of aliphatic hydroxyl groups is 5. The van der Waals surface area contributed by atoms with Gasteiger partial charge in [-0.3, -0.25) is 4.79 Å². The van der Waals surface area contributed by atoms with Gasteiger partial charge in [0.25, 0.3) is 0 Å². The Bertz CT molecular complexity index is 1070. The van der Waals surface area contributed by atoms with Crippen LogP contribution >= 0.6 is 0 Å². The van der Waals surface area contributed by atoms with Gasteiger partial charge in [0.05, 0.1) is 25.4 Å². The van der Waals surface area contributed by atoms with Crippen LogP contribution in [0.2, 0.25) is 0 Å². The summed E-state index contributed by atoms with van der Waals surface area (Å²) in [6.07, 6.45) is 18.1. The first kappa shape index (κ1) is 51.5. The first-order chi connectivity index (χ1) is 27.8. The van der Waals surface area contributed by atoms with E-state index >= 15 is 0 Å². The van der Waals surface area contributed by atoms with Crippen molar-refractivity contribution < 1.29 is 44.5 Å². The van der Waals surface area contributed by atoms with Crippen LogP contribution < -0.4 is 11.1 Å². The summed E-state index contributed by atoms with van der Waals surface area (Å²) in [4.78, 5) is 13.1. The second-order valence-corrected chi connectivity index (χ2v) is 16.5. The van der Waals surface area contributed by atoms with E-state index in [1.165, 1.54) is 82.6 Å². The zero-order valence-electron chi connectivity index (χ0n) is 35.7. The van der Waals surface area contributed by atoms with Gasteiger partial charge in [-0.2, -0.15) is 0 Å². The van der Waals surface area contributed by atoms with Gasteiger partial charge in [-0.15, -0.1) is 0 Å². The minimum Gasteiger partial charge on any atom is -0.390 e. The zero-order valence-corrected chi connectivity index (χ0v) is 35.7. The maximum Gasteiger partial charge on any atom is 0.220 e. The van der Waals surface area contributed by atoms with Crippen molar-refractivity contribution >= 4 is 5.91 Å². The molecular weight excluding hydrogens is 725 g/mol. The number of nitrogens with one attached hydrogen (secondary N) is 1. The van der Waals surface area contributed by atoms with Gasteiger partial charge in [0.2, 0.25) is 5.91 Å². The van der Waals surface area contributed by atoms with Gasteiger partial charge < -0.3 is 50.8 Å². The van der Waals surface area contributed by atoms with Crippen LogP contribution in [0.15, 0.2) is 30.3 Å². The Hall–Kier alpha value is -1.67. The van der Waals surface area contributed by atoms with Crippen LogP contribution in [0.4, 0.5) is 0 Å². The normalized spacial score (nSPS) is 21.4. The minimum absolute atomic E-state index is 0.00403. The van der Waals surface area contributed by atoms with Gasteiger partial charge in [-0.1, -0.05) is 159 Å². The second-order valence-electron chi connectivity index (χ2n) is 16.5. The van der Waals surface area contributed by atoms with Crippen LogP contribution in [0.1, 0.15) is 173 Å². The molecule has 1 fully saturated rings. The summed E-state index contributed by atoms with van der Waals surface area (Å²) in [6, 6.07) is 9.57. The molecule has 0 aromatic heterocycles. The molecule has 11 nitrogen and oxygen atoms in total. The number of aryl methyl sites for hydroxylation is 1. The maximum atomic E-state index is 13.1. The third-order valence-electron chi connectivity index (χ3n) is 11.4. The Labute approximate surface area is 345 Å². The van der Waals surface area contributed by atoms with Crippen molar-refractivity contribution in [3.05, 3.63) is 35.9 Å². The van der Waals surface area contributed by atoms with Crippen molar-refractivity contribution in [2.75, 3.05) is 26.4 Å². The van der Waals surface area contributed by atoms with Gasteiger partial charge in [-0.05, 0) is 50.6 Å². The largest absolute Gasteiger partial charge is 0.390 e. The van der Waals surface area contributed by atoms with Crippen molar-refractivity contribution in [3.8, 4) is 0 Å². The number of rotatable bonds is 37. The number of nitrogens with two attached hydrogens (primary N) is 1. The highest BCUT2D eigenvalue weighted by Crippen LogP contribution is 2.24. The molecule has 1 aliphatic rings. The topological polar surface area (TPSA) is 184 Å². The summed E-state index contributed by atoms with van der Waals surface area (Å²) in [7, 11) is 0. The van der Waals surface area contributed by atoms with Gasteiger partial charge in [0.15, 0.2) is 6.29 Å². The highest BCUT2D eigenvalue weighted by Gasteiger charge is 2.45. The summed E-state index contributed by atoms with van der Waals surface area (Å²) in [5.41, 5.74) is 6.93. The van der Waals surface area contributed by atoms with E-state index in [-0.39, 0.29) is 25.5 Å². The van der Waals surface area contributed by atoms with Crippen molar-refractivity contribution in [3.63, 3.8) is 0 Å². The number of hydrogen-bond donors (Lipinski definition) is 7. The lowest BCUT2D eigenvalue weighted by Crippen LogP contribution is -2.60. The van der Waals surface area contributed by atoms with E-state index in [4.69, 9.17) is 19.9 Å². The van der Waals surface area contributed by atoms with E-state index in [1.807, 2.05) is 6.07 Å². The van der Waals surface area contributed by atoms with Crippen LogP contribution in [0.25, 0.3) is 0 Å². The Kier molecular flexibility index (Phi) is 30.8. The van der Waals surface area contributed by atoms with Crippen molar-refractivity contribution in [1.29, 1.82) is 0 Å². The Morgan fingerprint density at radius 3 is 1.91 bits per heavy atom. The van der Waals surface area contributed by atoms with E-state index in [0.29, 0.717) is 26.0 Å². The predicted octanol–water partition coefficient (Wildman–Crippen LogP) is 7.01. The van der Waals surface area contributed by atoms with Crippen LogP contribution in [0.3, 0.4) is 0 Å². The molecule has 1 aliphatic heterocycles. The number of aliphatic hydroxyl groups excluding tert-OH is 5. The number of hydrogen-bond acceptors (Lipinski definition) is 10. The molecule has 1 heterocycles. The summed E-state index contributed by atoms with van der Waals surface area (Å²) >= 11 is 0. The smallest absolute Gasteiger partial charge is 0.220 e. The van der Waals surface area contributed by atoms with Gasteiger partial charge >= 0.3 is 0 Å². The Balaban J connectivity index is 1.82. The van der Waals surface area contributed by atoms with Gasteiger partial charge in [-0.25, -0.2) is 0 Å². The molecule has 5 unspecified atom stereocenters. The molecule has 1 aromatic rings. The highest BCUT2D eigenvalue weighted by molar-refractivity contribution is 5.76. The maximum absolute atomic E-state index is 13.1. The Morgan fingerprint density at radius 1 is 0.719 bits per heavy atom. The second kappa shape index (κ2) is 34.1. The molecule has 8 N–H and O–H groups in total. The molecular formula is C46H84N2O9. The van der Waals surface area contributed by atoms with E-state index in [0.717, 1.165) is 70.6 Å². The molecule has 0 bridgehead atoms. The van der Waals surface area contributed by atoms with Gasteiger partial charge in [0, 0.05) is 13.0 Å². The quantitative estimate of drug-likeness (QED) is 0.0345. The standard InChI is InChI=1S/C46H84N2O9/c1-2-3-4-5-6-7-8-9-10-13-16-24-31-39(49)42(51)38(48-41(50)32-25-17-14-11-12-15-21-28-37-29-22-20-23-30-37)35-56-46-45(54)44(53)43(52)40(57-46)36-55-34-27-19-18-26-33-47/h20,22-23,29-30,38-40,42-46,49,51-54H,2-19,21,24-28,31-36,47H2,1H3,(H,48,50)/t38-,39+,40?,42-,43?,44?,45?,46?/m0/s1. The molecule has 0 radical (unpaired) electrons. The predicted molar refractivity (Wildman–Crippen MR) is 228 cm³/mol. The third-order valence-corrected chi connectivity index (χ3v) is 11.4. The molecule has 8 atom stereocenters. The summed E-state index contributed by atoms with van der Waals surface area (Å²) < 4.78 is 17.4. The highest BCUT2D eigenvalue weighted by atomic mass is 16.7. The molecule has 57 heavy (non-hydrogen) atoms. The number of carbonyl (C=O) groups excluding carboxylic acids is 1. The first-order valence-corrected chi connectivity index (χ1v) is 23.1. The van der Waals surface area contributed by atoms with Crippen LogP contribution in [-0.2, 0) is 25.4 Å². The third kappa shape index (κ3) is 24.2. The SMILES string of the molecule is CCCCCCCCCCCCCC[C@@H](O)[C@@H](O)[C@H](COC1OC(COCCCCCCN)C(O)C(O)C1O)NC(=O)CCCCCCCCCc1ccccc1. The number of carbonyl (C=O) groups is 1. The van der Waals surface area contributed by atoms with E-state index in [9.17, 15) is 30.3 Å². The lowest BCUT2D eigenvalue weighted by molar-refractivity contribution is -0.304. The molecule has 1 amide bonds. The van der Waals surface area contributed by atoms with E-state index in [1.54, 1.807) is 0 Å². The number of benzene rings is 1. The zero-order chi connectivity index (χ0) is 41.4. The fraction of sp³-hybridized carbons (Fsp3) is 0.848. The molecule has 0 spiro atoms. The summed E-state index contributed by atoms with van der Waals surface area (Å²) in [5.74, 6) is -0.249. The number of amides is 1. The number of ether oxygens (including phenoxy) is 3. The molecule has 1 saturated heterocycles. The molecule has 2 rings (SSSR count). The van der Waals surface area contributed by atoms with Crippen molar-refractivity contribution in [1.82, 2.24) is 5.32 Å². The van der Waals surface area contributed by atoms with Crippen molar-refractivity contribution in [2.45, 2.75) is 223 Å². The lowest BCUT2D eigenvalue weighted by atomic mass is 9.98. The molecule has 0 saturated carbocycles. The molecule has 332 valence electrons. The van der Waals surface area contributed by atoms with Crippen LogP contribution in [0, 0.1) is 0 Å². The fourth-order valence-electron chi connectivity index (χ4n) is 7.57. The van der Waals surface area contributed by atoms with Crippen LogP contribution in [0.5, 0.6) is 0 Å². The lowest BCUT2D eigenvalue weighted by Gasteiger charge is -2.40. The summed E-state index contributed by atoms with van der Waals surface area (Å²) in [6.45, 7) is 3.07. The summed E-state index contributed by atoms with van der Waals surface area (Å²) in [5, 5.41) is 57.1. The average molecular weight is 809 g/mol.